The van der Waals surface area contributed by atoms with Crippen molar-refractivity contribution in [1.82, 2.24) is 4.90 Å². The van der Waals surface area contributed by atoms with Crippen LogP contribution in [0.4, 0.5) is 0 Å². The molecule has 0 aromatic carbocycles. The van der Waals surface area contributed by atoms with Gasteiger partial charge in [0.2, 0.25) is 0 Å². The van der Waals surface area contributed by atoms with Crippen molar-refractivity contribution in [3.05, 3.63) is 0 Å². The molecule has 0 aliphatic heterocycles. The fourth-order valence-electron chi connectivity index (χ4n) is 1.97. The van der Waals surface area contributed by atoms with Crippen molar-refractivity contribution in [2.24, 2.45) is 11.8 Å². The highest BCUT2D eigenvalue weighted by Gasteiger charge is 2.29. The van der Waals surface area contributed by atoms with E-state index in [2.05, 4.69) is 18.7 Å². The van der Waals surface area contributed by atoms with E-state index in [0.29, 0.717) is 5.92 Å². The van der Waals surface area contributed by atoms with E-state index in [0.717, 1.165) is 12.8 Å². The topological polar surface area (TPSA) is 29.5 Å². The lowest BCUT2D eigenvalue weighted by atomic mass is 9.89. The molecule has 15 heavy (non-hydrogen) atoms. The molecular formula is C12H25NO2. The Kier molecular flexibility index (Phi) is 6.57. The highest BCUT2D eigenvalue weighted by molar-refractivity contribution is 5.73. The summed E-state index contributed by atoms with van der Waals surface area (Å²) in [5, 5.41) is 0. The molecule has 0 spiro atoms. The molecule has 0 aromatic heterocycles. The van der Waals surface area contributed by atoms with Crippen LogP contribution < -0.4 is 0 Å². The van der Waals surface area contributed by atoms with Crippen molar-refractivity contribution in [3.63, 3.8) is 0 Å². The van der Waals surface area contributed by atoms with Crippen molar-refractivity contribution in [2.75, 3.05) is 21.2 Å². The Morgan fingerprint density at radius 3 is 2.13 bits per heavy atom. The Morgan fingerprint density at radius 2 is 1.87 bits per heavy atom. The van der Waals surface area contributed by atoms with Gasteiger partial charge in [-0.15, -0.1) is 0 Å². The second kappa shape index (κ2) is 6.83. The minimum Gasteiger partial charge on any atom is -0.469 e. The van der Waals surface area contributed by atoms with Gasteiger partial charge in [0.1, 0.15) is 0 Å². The van der Waals surface area contributed by atoms with E-state index in [-0.39, 0.29) is 17.9 Å². The summed E-state index contributed by atoms with van der Waals surface area (Å²) in [6, 6.07) is 0.280. The lowest BCUT2D eigenvalue weighted by Gasteiger charge is -2.31. The van der Waals surface area contributed by atoms with Gasteiger partial charge in [0.15, 0.2) is 0 Å². The van der Waals surface area contributed by atoms with Crippen LogP contribution in [0.5, 0.6) is 0 Å². The summed E-state index contributed by atoms with van der Waals surface area (Å²) in [5.74, 6) is 0.500. The number of carbonyl (C=O) groups excluding carboxylic acids is 1. The molecule has 0 bridgehead atoms. The monoisotopic (exact) mass is 215 g/mol. The van der Waals surface area contributed by atoms with Crippen LogP contribution in [-0.2, 0) is 9.53 Å². The van der Waals surface area contributed by atoms with Crippen LogP contribution in [-0.4, -0.2) is 38.1 Å². The van der Waals surface area contributed by atoms with Gasteiger partial charge in [-0.3, -0.25) is 4.79 Å². The van der Waals surface area contributed by atoms with Gasteiger partial charge in [-0.05, 0) is 32.9 Å². The third-order valence-electron chi connectivity index (χ3n) is 2.78. The zero-order valence-electron chi connectivity index (χ0n) is 10.9. The predicted molar refractivity (Wildman–Crippen MR) is 62.7 cm³/mol. The lowest BCUT2D eigenvalue weighted by Crippen LogP contribution is -2.40. The third-order valence-corrected chi connectivity index (χ3v) is 2.78. The highest BCUT2D eigenvalue weighted by Crippen LogP contribution is 2.21. The molecule has 0 aliphatic carbocycles. The molecule has 0 heterocycles. The summed E-state index contributed by atoms with van der Waals surface area (Å²) in [6.45, 7) is 6.40. The molecule has 0 fully saturated rings. The summed E-state index contributed by atoms with van der Waals surface area (Å²) in [5.41, 5.74) is 0. The van der Waals surface area contributed by atoms with E-state index in [4.69, 9.17) is 4.74 Å². The third kappa shape index (κ3) is 4.65. The summed E-state index contributed by atoms with van der Waals surface area (Å²) in [7, 11) is 5.52. The number of hydrogen-bond acceptors (Lipinski definition) is 3. The Labute approximate surface area is 93.8 Å². The van der Waals surface area contributed by atoms with Gasteiger partial charge in [0, 0.05) is 6.04 Å². The standard InChI is InChI=1S/C12H25NO2/c1-7-10(12(14)15-6)11(13(4)5)8-9(2)3/h9-11H,7-8H2,1-6H3. The van der Waals surface area contributed by atoms with Gasteiger partial charge in [-0.1, -0.05) is 20.8 Å². The molecule has 3 heteroatoms. The summed E-state index contributed by atoms with van der Waals surface area (Å²) < 4.78 is 4.85. The summed E-state index contributed by atoms with van der Waals surface area (Å²) >= 11 is 0. The molecular weight excluding hydrogens is 190 g/mol. The van der Waals surface area contributed by atoms with E-state index >= 15 is 0 Å². The largest absolute Gasteiger partial charge is 0.469 e. The van der Waals surface area contributed by atoms with E-state index in [1.807, 2.05) is 21.0 Å². The number of hydrogen-bond donors (Lipinski definition) is 0. The molecule has 0 N–H and O–H groups in total. The molecule has 90 valence electrons. The van der Waals surface area contributed by atoms with Gasteiger partial charge in [0.05, 0.1) is 13.0 Å². The normalized spacial score (nSPS) is 15.5. The van der Waals surface area contributed by atoms with Crippen LogP contribution >= 0.6 is 0 Å². The zero-order valence-corrected chi connectivity index (χ0v) is 10.9. The van der Waals surface area contributed by atoms with Crippen molar-refractivity contribution >= 4 is 5.97 Å². The summed E-state index contributed by atoms with van der Waals surface area (Å²) in [4.78, 5) is 13.8. The van der Waals surface area contributed by atoms with Gasteiger partial charge in [0.25, 0.3) is 0 Å². The lowest BCUT2D eigenvalue weighted by molar-refractivity contribution is -0.148. The number of nitrogens with zero attached hydrogens (tertiary/aromatic N) is 1. The number of methoxy groups -OCH3 is 1. The zero-order chi connectivity index (χ0) is 12.0. The number of carbonyl (C=O) groups is 1. The second-order valence-corrected chi connectivity index (χ2v) is 4.70. The van der Waals surface area contributed by atoms with E-state index < -0.39 is 0 Å². The van der Waals surface area contributed by atoms with Gasteiger partial charge < -0.3 is 9.64 Å². The fourth-order valence-corrected chi connectivity index (χ4v) is 1.97. The maximum Gasteiger partial charge on any atom is 0.310 e. The quantitative estimate of drug-likeness (QED) is 0.636. The molecule has 0 rings (SSSR count). The van der Waals surface area contributed by atoms with Crippen LogP contribution in [0.2, 0.25) is 0 Å². The molecule has 0 radical (unpaired) electrons. The number of ether oxygens (including phenoxy) is 1. The first kappa shape index (κ1) is 14.4. The van der Waals surface area contributed by atoms with Crippen molar-refractivity contribution in [2.45, 2.75) is 39.7 Å². The molecule has 0 aliphatic rings. The first-order valence-corrected chi connectivity index (χ1v) is 5.68. The van der Waals surface area contributed by atoms with E-state index in [9.17, 15) is 4.79 Å². The molecule has 0 saturated heterocycles. The van der Waals surface area contributed by atoms with E-state index in [1.165, 1.54) is 7.11 Å². The van der Waals surface area contributed by atoms with E-state index in [1.54, 1.807) is 0 Å². The number of rotatable bonds is 6. The average molecular weight is 215 g/mol. The predicted octanol–water partition coefficient (Wildman–Crippen LogP) is 2.16. The second-order valence-electron chi connectivity index (χ2n) is 4.70. The Bertz CT molecular complexity index is 190. The van der Waals surface area contributed by atoms with Crippen LogP contribution in [0.1, 0.15) is 33.6 Å². The SMILES string of the molecule is CCC(C(=O)OC)C(CC(C)C)N(C)C. The maximum atomic E-state index is 11.6. The molecule has 3 nitrogen and oxygen atoms in total. The first-order chi connectivity index (χ1) is 6.93. The Hall–Kier alpha value is -0.570. The maximum absolute atomic E-state index is 11.6. The van der Waals surface area contributed by atoms with Crippen LogP contribution in [0.3, 0.4) is 0 Å². The smallest absolute Gasteiger partial charge is 0.310 e. The van der Waals surface area contributed by atoms with Crippen LogP contribution in [0.15, 0.2) is 0 Å². The molecule has 0 amide bonds. The van der Waals surface area contributed by atoms with Gasteiger partial charge in [-0.2, -0.15) is 0 Å². The molecule has 2 unspecified atom stereocenters. The van der Waals surface area contributed by atoms with Crippen LogP contribution in [0.25, 0.3) is 0 Å². The minimum absolute atomic E-state index is 0.00704. The van der Waals surface area contributed by atoms with Crippen molar-refractivity contribution in [1.29, 1.82) is 0 Å². The Morgan fingerprint density at radius 1 is 1.33 bits per heavy atom. The molecule has 0 saturated carbocycles. The van der Waals surface area contributed by atoms with Gasteiger partial charge in [-0.25, -0.2) is 0 Å². The molecule has 0 aromatic rings. The van der Waals surface area contributed by atoms with Crippen molar-refractivity contribution < 1.29 is 9.53 Å². The Balaban J connectivity index is 4.62. The molecule has 2 atom stereocenters. The minimum atomic E-state index is -0.0862. The summed E-state index contributed by atoms with van der Waals surface area (Å²) in [6.07, 6.45) is 1.86. The highest BCUT2D eigenvalue weighted by atomic mass is 16.5. The van der Waals surface area contributed by atoms with Gasteiger partial charge >= 0.3 is 5.97 Å². The number of esters is 1. The van der Waals surface area contributed by atoms with Crippen molar-refractivity contribution in [3.8, 4) is 0 Å². The fraction of sp³-hybridized carbons (Fsp3) is 0.917. The van der Waals surface area contributed by atoms with Crippen LogP contribution in [0, 0.1) is 11.8 Å². The average Bonchev–Trinajstić information content (AvgIpc) is 2.16. The first-order valence-electron chi connectivity index (χ1n) is 5.68.